The summed E-state index contributed by atoms with van der Waals surface area (Å²) in [6.07, 6.45) is 16.8. The lowest BCUT2D eigenvalue weighted by atomic mass is 9.49. The minimum atomic E-state index is 0.0779. The normalized spacial score (nSPS) is 29.0. The molecule has 0 aliphatic heterocycles. The minimum Gasteiger partial charge on any atom is -0.492 e. The number of nitrogens with zero attached hydrogens (tertiary/aromatic N) is 2. The number of urea groups is 1. The van der Waals surface area contributed by atoms with Crippen molar-refractivity contribution in [3.63, 3.8) is 0 Å². The maximum absolute atomic E-state index is 12.9. The van der Waals surface area contributed by atoms with Crippen molar-refractivity contribution in [1.29, 1.82) is 0 Å². The van der Waals surface area contributed by atoms with Gasteiger partial charge < -0.3 is 15.0 Å². The number of amides is 2. The summed E-state index contributed by atoms with van der Waals surface area (Å²) in [6, 6.07) is 3.75. The van der Waals surface area contributed by atoms with E-state index >= 15 is 0 Å². The van der Waals surface area contributed by atoms with E-state index in [2.05, 4.69) is 22.1 Å². The van der Waals surface area contributed by atoms with Crippen molar-refractivity contribution in [2.45, 2.75) is 71.1 Å². The molecule has 1 aromatic heterocycles. The van der Waals surface area contributed by atoms with Crippen LogP contribution in [0.25, 0.3) is 0 Å². The van der Waals surface area contributed by atoms with E-state index in [1.54, 1.807) is 12.4 Å². The molecule has 2 amide bonds. The Labute approximate surface area is 182 Å². The molecule has 4 saturated carbocycles. The Morgan fingerprint density at radius 1 is 1.10 bits per heavy atom. The molecular formula is C25H39N3O2. The highest BCUT2D eigenvalue weighted by Crippen LogP contribution is 2.61. The van der Waals surface area contributed by atoms with Crippen LogP contribution in [0.1, 0.15) is 71.1 Å². The number of rotatable bonds is 11. The molecule has 0 spiro atoms. The fraction of sp³-hybridized carbons (Fsp3) is 0.760. The lowest BCUT2D eigenvalue weighted by molar-refractivity contribution is -0.0596. The van der Waals surface area contributed by atoms with Gasteiger partial charge in [-0.3, -0.25) is 4.98 Å². The van der Waals surface area contributed by atoms with E-state index in [1.165, 1.54) is 57.8 Å². The number of ether oxygens (including phenoxy) is 1. The summed E-state index contributed by atoms with van der Waals surface area (Å²) >= 11 is 0. The molecule has 4 aliphatic carbocycles. The van der Waals surface area contributed by atoms with E-state index in [-0.39, 0.29) is 6.03 Å². The number of aromatic nitrogens is 1. The number of nitrogens with one attached hydrogen (secondary N) is 1. The Bertz CT molecular complexity index is 643. The molecule has 4 bridgehead atoms. The fourth-order valence-electron chi connectivity index (χ4n) is 6.71. The van der Waals surface area contributed by atoms with E-state index in [0.717, 1.165) is 43.0 Å². The van der Waals surface area contributed by atoms with Crippen LogP contribution in [-0.4, -0.2) is 42.2 Å². The van der Waals surface area contributed by atoms with Crippen molar-refractivity contribution in [3.8, 4) is 5.75 Å². The lowest BCUT2D eigenvalue weighted by Gasteiger charge is -2.57. The van der Waals surface area contributed by atoms with Crippen LogP contribution in [0.4, 0.5) is 4.79 Å². The highest BCUT2D eigenvalue weighted by molar-refractivity contribution is 5.74. The van der Waals surface area contributed by atoms with Crippen LogP contribution in [0.5, 0.6) is 5.75 Å². The summed E-state index contributed by atoms with van der Waals surface area (Å²) in [7, 11) is 0. The van der Waals surface area contributed by atoms with Gasteiger partial charge in [0.2, 0.25) is 0 Å². The van der Waals surface area contributed by atoms with Crippen LogP contribution in [0.15, 0.2) is 24.5 Å². The minimum absolute atomic E-state index is 0.0779. The summed E-state index contributed by atoms with van der Waals surface area (Å²) in [5.74, 6) is 3.72. The third-order valence-corrected chi connectivity index (χ3v) is 7.69. The molecule has 1 N–H and O–H groups in total. The summed E-state index contributed by atoms with van der Waals surface area (Å²) in [4.78, 5) is 19.0. The number of carbonyl (C=O) groups excluding carboxylic acids is 1. The van der Waals surface area contributed by atoms with Crippen molar-refractivity contribution in [2.75, 3.05) is 26.2 Å². The number of hydrogen-bond acceptors (Lipinski definition) is 3. The Morgan fingerprint density at radius 3 is 2.40 bits per heavy atom. The third kappa shape index (κ3) is 5.47. The summed E-state index contributed by atoms with van der Waals surface area (Å²) in [6.45, 7) is 5.01. The SMILES string of the molecule is CCCCCN(CCC12CC3CC(CC(C3)C1)C2)C(=O)NCCOc1ccncc1. The zero-order valence-electron chi connectivity index (χ0n) is 18.7. The van der Waals surface area contributed by atoms with Crippen molar-refractivity contribution >= 4 is 6.03 Å². The first-order valence-electron chi connectivity index (χ1n) is 12.2. The predicted molar refractivity (Wildman–Crippen MR) is 119 cm³/mol. The van der Waals surface area contributed by atoms with Gasteiger partial charge in [-0.1, -0.05) is 19.8 Å². The Balaban J connectivity index is 1.26. The zero-order valence-corrected chi connectivity index (χ0v) is 18.7. The molecule has 0 atom stereocenters. The Hall–Kier alpha value is -1.78. The number of unbranched alkanes of at least 4 members (excludes halogenated alkanes) is 2. The van der Waals surface area contributed by atoms with Gasteiger partial charge in [0.15, 0.2) is 0 Å². The first-order chi connectivity index (χ1) is 14.7. The quantitative estimate of drug-likeness (QED) is 0.503. The first-order valence-corrected chi connectivity index (χ1v) is 12.2. The second-order valence-electron chi connectivity index (χ2n) is 10.1. The molecule has 166 valence electrons. The van der Waals surface area contributed by atoms with E-state index in [4.69, 9.17) is 4.74 Å². The number of hydrogen-bond donors (Lipinski definition) is 1. The maximum atomic E-state index is 12.9. The molecule has 5 heteroatoms. The number of pyridine rings is 1. The number of carbonyl (C=O) groups is 1. The average Bonchev–Trinajstić information content (AvgIpc) is 2.73. The molecule has 30 heavy (non-hydrogen) atoms. The van der Waals surface area contributed by atoms with E-state index in [1.807, 2.05) is 12.1 Å². The second-order valence-corrected chi connectivity index (χ2v) is 10.1. The molecule has 4 aliphatic rings. The lowest BCUT2D eigenvalue weighted by Crippen LogP contribution is -2.49. The van der Waals surface area contributed by atoms with Crippen LogP contribution in [0.2, 0.25) is 0 Å². The zero-order chi connectivity index (χ0) is 20.8. The summed E-state index contributed by atoms with van der Waals surface area (Å²) in [5.41, 5.74) is 0.530. The predicted octanol–water partition coefficient (Wildman–Crippen LogP) is 5.27. The van der Waals surface area contributed by atoms with Crippen LogP contribution < -0.4 is 10.1 Å². The fourth-order valence-corrected chi connectivity index (χ4v) is 6.71. The largest absolute Gasteiger partial charge is 0.492 e. The smallest absolute Gasteiger partial charge is 0.317 e. The van der Waals surface area contributed by atoms with E-state index in [9.17, 15) is 4.79 Å². The van der Waals surface area contributed by atoms with Crippen LogP contribution in [0.3, 0.4) is 0 Å². The maximum Gasteiger partial charge on any atom is 0.317 e. The van der Waals surface area contributed by atoms with Crippen molar-refractivity contribution < 1.29 is 9.53 Å². The molecule has 0 unspecified atom stereocenters. The second kappa shape index (κ2) is 10.0. The highest BCUT2D eigenvalue weighted by atomic mass is 16.5. The molecule has 4 fully saturated rings. The van der Waals surface area contributed by atoms with Gasteiger partial charge in [-0.2, -0.15) is 0 Å². The summed E-state index contributed by atoms with van der Waals surface area (Å²) < 4.78 is 5.69. The molecule has 0 aromatic carbocycles. The van der Waals surface area contributed by atoms with Gasteiger partial charge in [0, 0.05) is 25.5 Å². The van der Waals surface area contributed by atoms with Crippen LogP contribution in [0, 0.1) is 23.2 Å². The van der Waals surface area contributed by atoms with Gasteiger partial charge in [0.05, 0.1) is 6.54 Å². The van der Waals surface area contributed by atoms with Gasteiger partial charge in [-0.25, -0.2) is 4.79 Å². The summed E-state index contributed by atoms with van der Waals surface area (Å²) in [5, 5.41) is 3.08. The van der Waals surface area contributed by atoms with E-state index < -0.39 is 0 Å². The van der Waals surface area contributed by atoms with Gasteiger partial charge in [0.25, 0.3) is 0 Å². The topological polar surface area (TPSA) is 54.5 Å². The molecule has 1 aromatic rings. The van der Waals surface area contributed by atoms with Crippen molar-refractivity contribution in [2.24, 2.45) is 23.2 Å². The van der Waals surface area contributed by atoms with Gasteiger partial charge in [-0.15, -0.1) is 0 Å². The van der Waals surface area contributed by atoms with E-state index in [0.29, 0.717) is 18.6 Å². The van der Waals surface area contributed by atoms with Gasteiger partial charge >= 0.3 is 6.03 Å². The Kier molecular flexibility index (Phi) is 7.16. The van der Waals surface area contributed by atoms with Crippen LogP contribution >= 0.6 is 0 Å². The van der Waals surface area contributed by atoms with Crippen molar-refractivity contribution in [1.82, 2.24) is 15.2 Å². The van der Waals surface area contributed by atoms with Crippen LogP contribution in [-0.2, 0) is 0 Å². The first kappa shape index (κ1) is 21.5. The molecule has 5 nitrogen and oxygen atoms in total. The molecule has 0 radical (unpaired) electrons. The molecule has 5 rings (SSSR count). The van der Waals surface area contributed by atoms with Gasteiger partial charge in [-0.05, 0) is 86.7 Å². The monoisotopic (exact) mass is 413 g/mol. The average molecular weight is 414 g/mol. The Morgan fingerprint density at radius 2 is 1.77 bits per heavy atom. The van der Waals surface area contributed by atoms with Crippen molar-refractivity contribution in [3.05, 3.63) is 24.5 Å². The third-order valence-electron chi connectivity index (χ3n) is 7.69. The molecule has 1 heterocycles. The highest BCUT2D eigenvalue weighted by Gasteiger charge is 2.50. The molecular weight excluding hydrogens is 374 g/mol. The molecule has 0 saturated heterocycles. The standard InChI is InChI=1S/C25H39N3O2/c1-2-3-4-11-28(24(29)27-10-13-30-23-5-8-26-9-6-23)12-7-25-17-20-14-21(18-25)16-22(15-20)19-25/h5-6,8-9,20-22H,2-4,7,10-19H2,1H3,(H,27,29). The van der Waals surface area contributed by atoms with Gasteiger partial charge in [0.1, 0.15) is 12.4 Å².